The minimum absolute atomic E-state index is 0.0116. The number of nitrogens with zero attached hydrogens (tertiary/aromatic N) is 1. The largest absolute Gasteiger partial charge is 0.394 e. The summed E-state index contributed by atoms with van der Waals surface area (Å²) in [5.41, 5.74) is -0.0116. The van der Waals surface area contributed by atoms with Crippen LogP contribution in [0.15, 0.2) is 0 Å². The third kappa shape index (κ3) is 3.68. The fourth-order valence-corrected chi connectivity index (χ4v) is 3.20. The Kier molecular flexibility index (Phi) is 5.19. The van der Waals surface area contributed by atoms with E-state index >= 15 is 0 Å². The van der Waals surface area contributed by atoms with E-state index in [0.29, 0.717) is 26.1 Å². The van der Waals surface area contributed by atoms with E-state index in [9.17, 15) is 4.79 Å². The molecule has 0 aromatic heterocycles. The van der Waals surface area contributed by atoms with Crippen molar-refractivity contribution in [3.05, 3.63) is 0 Å². The highest BCUT2D eigenvalue weighted by atomic mass is 16.5. The Hall–Kier alpha value is -0.650. The van der Waals surface area contributed by atoms with Crippen molar-refractivity contribution in [2.75, 3.05) is 33.4 Å². The summed E-state index contributed by atoms with van der Waals surface area (Å²) < 4.78 is 5.39. The zero-order valence-electron chi connectivity index (χ0n) is 11.9. The van der Waals surface area contributed by atoms with Gasteiger partial charge in [-0.3, -0.25) is 4.79 Å². The number of aliphatic hydroxyl groups is 1. The van der Waals surface area contributed by atoms with Crippen LogP contribution in [0.5, 0.6) is 0 Å². The summed E-state index contributed by atoms with van der Waals surface area (Å²) in [6, 6.07) is 0. The Bertz CT molecular complexity index is 303. The first-order valence-electron chi connectivity index (χ1n) is 7.38. The van der Waals surface area contributed by atoms with E-state index in [1.54, 1.807) is 0 Å². The van der Waals surface area contributed by atoms with Gasteiger partial charge in [-0.05, 0) is 19.9 Å². The van der Waals surface area contributed by atoms with Gasteiger partial charge in [0.25, 0.3) is 0 Å². The van der Waals surface area contributed by atoms with Crippen LogP contribution in [0.25, 0.3) is 0 Å². The minimum atomic E-state index is -0.213. The van der Waals surface area contributed by atoms with Crippen molar-refractivity contribution in [3.63, 3.8) is 0 Å². The number of nitrogens with one attached hydrogen (secondary N) is 1. The standard InChI is InChI=1S/C14H26N2O3/c1-15-14(5-3-2-4-6-14)9-13(18)16-7-8-19-12(10-16)11-17/h12,15,17H,2-11H2,1H3. The lowest BCUT2D eigenvalue weighted by molar-refractivity contribution is -0.142. The monoisotopic (exact) mass is 270 g/mol. The summed E-state index contributed by atoms with van der Waals surface area (Å²) in [7, 11) is 1.97. The normalized spacial score (nSPS) is 27.3. The quantitative estimate of drug-likeness (QED) is 0.782. The van der Waals surface area contributed by atoms with Crippen LogP contribution in [0.3, 0.4) is 0 Å². The molecule has 0 aromatic carbocycles. The third-order valence-corrected chi connectivity index (χ3v) is 4.53. The lowest BCUT2D eigenvalue weighted by Gasteiger charge is -2.39. The van der Waals surface area contributed by atoms with Crippen molar-refractivity contribution in [3.8, 4) is 0 Å². The number of amides is 1. The van der Waals surface area contributed by atoms with Crippen LogP contribution in [0, 0.1) is 0 Å². The molecule has 19 heavy (non-hydrogen) atoms. The zero-order valence-corrected chi connectivity index (χ0v) is 11.9. The van der Waals surface area contributed by atoms with Crippen LogP contribution in [-0.2, 0) is 9.53 Å². The molecule has 110 valence electrons. The SMILES string of the molecule is CNC1(CC(=O)N2CCOC(CO)C2)CCCCC1. The van der Waals surface area contributed by atoms with Gasteiger partial charge in [0.2, 0.25) is 5.91 Å². The van der Waals surface area contributed by atoms with E-state index in [-0.39, 0.29) is 24.2 Å². The van der Waals surface area contributed by atoms with E-state index in [2.05, 4.69) is 5.32 Å². The van der Waals surface area contributed by atoms with Crippen molar-refractivity contribution >= 4 is 5.91 Å². The Balaban J connectivity index is 1.91. The van der Waals surface area contributed by atoms with Gasteiger partial charge in [0.1, 0.15) is 0 Å². The molecule has 5 heteroatoms. The van der Waals surface area contributed by atoms with Crippen molar-refractivity contribution in [2.45, 2.75) is 50.2 Å². The molecule has 1 saturated carbocycles. The Labute approximate surface area is 115 Å². The molecule has 2 aliphatic rings. The van der Waals surface area contributed by atoms with E-state index in [1.807, 2.05) is 11.9 Å². The number of rotatable bonds is 4. The van der Waals surface area contributed by atoms with Crippen LogP contribution in [0.1, 0.15) is 38.5 Å². The summed E-state index contributed by atoms with van der Waals surface area (Å²) in [4.78, 5) is 14.3. The van der Waals surface area contributed by atoms with Gasteiger partial charge in [0.15, 0.2) is 0 Å². The lowest BCUT2D eigenvalue weighted by atomic mass is 9.79. The molecule has 1 atom stereocenters. The average molecular weight is 270 g/mol. The van der Waals surface area contributed by atoms with Crippen LogP contribution < -0.4 is 5.32 Å². The summed E-state index contributed by atoms with van der Waals surface area (Å²) >= 11 is 0. The Morgan fingerprint density at radius 1 is 1.42 bits per heavy atom. The first-order chi connectivity index (χ1) is 9.19. The fourth-order valence-electron chi connectivity index (χ4n) is 3.20. The smallest absolute Gasteiger partial charge is 0.224 e. The molecule has 0 spiro atoms. The van der Waals surface area contributed by atoms with Gasteiger partial charge in [-0.1, -0.05) is 19.3 Å². The van der Waals surface area contributed by atoms with Crippen molar-refractivity contribution in [2.24, 2.45) is 0 Å². The summed E-state index contributed by atoms with van der Waals surface area (Å²) in [5.74, 6) is 0.193. The van der Waals surface area contributed by atoms with Crippen LogP contribution >= 0.6 is 0 Å². The molecule has 0 aromatic rings. The fraction of sp³-hybridized carbons (Fsp3) is 0.929. The molecule has 0 bridgehead atoms. The topological polar surface area (TPSA) is 61.8 Å². The molecule has 0 radical (unpaired) electrons. The first-order valence-corrected chi connectivity index (χ1v) is 7.38. The third-order valence-electron chi connectivity index (χ3n) is 4.53. The number of hydrogen-bond acceptors (Lipinski definition) is 4. The van der Waals surface area contributed by atoms with Gasteiger partial charge < -0.3 is 20.1 Å². The maximum atomic E-state index is 12.4. The Morgan fingerprint density at radius 3 is 2.79 bits per heavy atom. The van der Waals surface area contributed by atoms with Gasteiger partial charge in [-0.25, -0.2) is 0 Å². The van der Waals surface area contributed by atoms with Gasteiger partial charge >= 0.3 is 0 Å². The maximum absolute atomic E-state index is 12.4. The van der Waals surface area contributed by atoms with Crippen molar-refractivity contribution in [1.82, 2.24) is 10.2 Å². The van der Waals surface area contributed by atoms with E-state index in [4.69, 9.17) is 9.84 Å². The number of hydrogen-bond donors (Lipinski definition) is 2. The molecule has 1 aliphatic carbocycles. The molecular weight excluding hydrogens is 244 g/mol. The second kappa shape index (κ2) is 6.68. The average Bonchev–Trinajstić information content (AvgIpc) is 2.48. The molecule has 1 heterocycles. The minimum Gasteiger partial charge on any atom is -0.394 e. The lowest BCUT2D eigenvalue weighted by Crippen LogP contribution is -2.52. The number of aliphatic hydroxyl groups excluding tert-OH is 1. The summed E-state index contributed by atoms with van der Waals surface area (Å²) in [6.45, 7) is 1.69. The summed E-state index contributed by atoms with van der Waals surface area (Å²) in [5, 5.41) is 12.5. The van der Waals surface area contributed by atoms with E-state index < -0.39 is 0 Å². The van der Waals surface area contributed by atoms with Crippen molar-refractivity contribution in [1.29, 1.82) is 0 Å². The molecule has 2 fully saturated rings. The first kappa shape index (κ1) is 14.8. The van der Waals surface area contributed by atoms with Gasteiger partial charge in [-0.2, -0.15) is 0 Å². The van der Waals surface area contributed by atoms with Crippen molar-refractivity contribution < 1.29 is 14.6 Å². The van der Waals surface area contributed by atoms with Crippen LogP contribution in [0.4, 0.5) is 0 Å². The highest BCUT2D eigenvalue weighted by Crippen LogP contribution is 2.31. The number of ether oxygens (including phenoxy) is 1. The second-order valence-electron chi connectivity index (χ2n) is 5.78. The molecule has 1 saturated heterocycles. The number of carbonyl (C=O) groups is 1. The molecule has 2 N–H and O–H groups in total. The highest BCUT2D eigenvalue weighted by Gasteiger charge is 2.35. The highest BCUT2D eigenvalue weighted by molar-refractivity contribution is 5.77. The van der Waals surface area contributed by atoms with Crippen LogP contribution in [-0.4, -0.2) is 60.9 Å². The molecule has 1 unspecified atom stereocenters. The predicted octanol–water partition coefficient (Wildman–Crippen LogP) is 0.518. The van der Waals surface area contributed by atoms with E-state index in [1.165, 1.54) is 19.3 Å². The molecule has 1 aliphatic heterocycles. The number of carbonyl (C=O) groups excluding carboxylic acids is 1. The Morgan fingerprint density at radius 2 is 2.16 bits per heavy atom. The van der Waals surface area contributed by atoms with Gasteiger partial charge in [-0.15, -0.1) is 0 Å². The van der Waals surface area contributed by atoms with Gasteiger partial charge in [0, 0.05) is 25.0 Å². The molecule has 1 amide bonds. The zero-order chi connectivity index (χ0) is 13.7. The molecule has 5 nitrogen and oxygen atoms in total. The molecule has 2 rings (SSSR count). The van der Waals surface area contributed by atoms with Gasteiger partial charge in [0.05, 0.1) is 19.3 Å². The molecular formula is C14H26N2O3. The summed E-state index contributed by atoms with van der Waals surface area (Å²) in [6.07, 6.45) is 6.22. The van der Waals surface area contributed by atoms with E-state index in [0.717, 1.165) is 12.8 Å². The predicted molar refractivity (Wildman–Crippen MR) is 72.9 cm³/mol. The van der Waals surface area contributed by atoms with Crippen LogP contribution in [0.2, 0.25) is 0 Å². The second-order valence-corrected chi connectivity index (χ2v) is 5.78. The number of morpholine rings is 1. The maximum Gasteiger partial charge on any atom is 0.224 e.